The van der Waals surface area contributed by atoms with E-state index < -0.39 is 18.0 Å². The van der Waals surface area contributed by atoms with Crippen molar-refractivity contribution in [3.63, 3.8) is 0 Å². The number of amides is 1. The van der Waals surface area contributed by atoms with Crippen LogP contribution in [0.25, 0.3) is 11.0 Å². The summed E-state index contributed by atoms with van der Waals surface area (Å²) in [5.74, 6) is -0.611. The van der Waals surface area contributed by atoms with E-state index >= 15 is 0 Å². The second-order valence-electron chi connectivity index (χ2n) is 6.89. The standard InChI is InChI=1S/C21H19ClN2O4/c1-12(21(26)24-19-6-5-16(22)10-23-19)28-20(25)9-15-11-27-18-8-14-4-2-3-13(14)7-17(15)18/h5-8,10-12H,2-4,9H2,1H3,(H,23,24,26)/t12-/m0/s1. The zero-order valence-corrected chi connectivity index (χ0v) is 16.1. The largest absolute Gasteiger partial charge is 0.464 e. The number of halogens is 1. The highest BCUT2D eigenvalue weighted by Gasteiger charge is 2.21. The maximum Gasteiger partial charge on any atom is 0.311 e. The lowest BCUT2D eigenvalue weighted by molar-refractivity contribution is -0.152. The van der Waals surface area contributed by atoms with Crippen molar-refractivity contribution >= 4 is 40.3 Å². The molecule has 1 atom stereocenters. The number of benzene rings is 1. The zero-order valence-electron chi connectivity index (χ0n) is 15.3. The molecule has 3 aromatic rings. The zero-order chi connectivity index (χ0) is 19.7. The second kappa shape index (κ2) is 7.64. The summed E-state index contributed by atoms with van der Waals surface area (Å²) in [6.45, 7) is 1.52. The third-order valence-corrected chi connectivity index (χ3v) is 5.08. The molecular weight excluding hydrogens is 380 g/mol. The van der Waals surface area contributed by atoms with E-state index in [1.54, 1.807) is 18.4 Å². The normalized spacial score (nSPS) is 13.9. The average molecular weight is 399 g/mol. The molecule has 0 unspecified atom stereocenters. The van der Waals surface area contributed by atoms with Crippen molar-refractivity contribution in [1.82, 2.24) is 4.98 Å². The Morgan fingerprint density at radius 2 is 2.07 bits per heavy atom. The lowest BCUT2D eigenvalue weighted by atomic mass is 10.0. The Balaban J connectivity index is 1.39. The fraction of sp³-hybridized carbons (Fsp3) is 0.286. The third kappa shape index (κ3) is 3.87. The highest BCUT2D eigenvalue weighted by atomic mass is 35.5. The Bertz CT molecular complexity index is 1040. The van der Waals surface area contributed by atoms with Crippen molar-refractivity contribution in [2.24, 2.45) is 0 Å². The molecule has 0 saturated heterocycles. The van der Waals surface area contributed by atoms with Crippen LogP contribution in [0.1, 0.15) is 30.0 Å². The Hall–Kier alpha value is -2.86. The van der Waals surface area contributed by atoms with Gasteiger partial charge < -0.3 is 14.5 Å². The molecule has 7 heteroatoms. The highest BCUT2D eigenvalue weighted by molar-refractivity contribution is 6.30. The molecule has 0 aliphatic heterocycles. The van der Waals surface area contributed by atoms with Crippen molar-refractivity contribution in [2.75, 3.05) is 5.32 Å². The maximum atomic E-state index is 12.3. The Morgan fingerprint density at radius 3 is 2.82 bits per heavy atom. The van der Waals surface area contributed by atoms with Crippen LogP contribution in [0, 0.1) is 0 Å². The first-order valence-corrected chi connectivity index (χ1v) is 9.51. The predicted octanol–water partition coefficient (Wildman–Crippen LogP) is 4.08. The van der Waals surface area contributed by atoms with Gasteiger partial charge in [-0.3, -0.25) is 9.59 Å². The molecule has 1 aromatic carbocycles. The number of hydrogen-bond donors (Lipinski definition) is 1. The van der Waals surface area contributed by atoms with Crippen molar-refractivity contribution in [1.29, 1.82) is 0 Å². The molecule has 0 saturated carbocycles. The monoisotopic (exact) mass is 398 g/mol. The number of esters is 1. The number of furan rings is 1. The topological polar surface area (TPSA) is 81.4 Å². The number of pyridine rings is 1. The molecule has 2 aromatic heterocycles. The number of anilines is 1. The summed E-state index contributed by atoms with van der Waals surface area (Å²) < 4.78 is 10.9. The Morgan fingerprint density at radius 1 is 1.29 bits per heavy atom. The van der Waals surface area contributed by atoms with Crippen LogP contribution in [0.2, 0.25) is 5.02 Å². The van der Waals surface area contributed by atoms with Crippen molar-refractivity contribution in [2.45, 2.75) is 38.7 Å². The number of fused-ring (bicyclic) bond motifs is 2. The van der Waals surface area contributed by atoms with Gasteiger partial charge in [-0.05, 0) is 61.6 Å². The third-order valence-electron chi connectivity index (χ3n) is 4.86. The smallest absolute Gasteiger partial charge is 0.311 e. The van der Waals surface area contributed by atoms with Gasteiger partial charge in [0.1, 0.15) is 11.4 Å². The first-order chi connectivity index (χ1) is 13.5. The molecule has 0 fully saturated rings. The van der Waals surface area contributed by atoms with Crippen LogP contribution >= 0.6 is 11.6 Å². The molecule has 1 N–H and O–H groups in total. The van der Waals surface area contributed by atoms with Gasteiger partial charge in [0.05, 0.1) is 17.7 Å². The molecule has 6 nitrogen and oxygen atoms in total. The number of ether oxygens (including phenoxy) is 1. The van der Waals surface area contributed by atoms with Crippen LogP contribution in [0.15, 0.2) is 41.1 Å². The van der Waals surface area contributed by atoms with Crippen LogP contribution in [-0.2, 0) is 33.6 Å². The van der Waals surface area contributed by atoms with Crippen LogP contribution in [0.4, 0.5) is 5.82 Å². The molecule has 2 heterocycles. The number of aryl methyl sites for hydroxylation is 2. The van der Waals surface area contributed by atoms with E-state index in [0.717, 1.165) is 35.8 Å². The summed E-state index contributed by atoms with van der Waals surface area (Å²) in [4.78, 5) is 28.5. The molecule has 0 spiro atoms. The van der Waals surface area contributed by atoms with Gasteiger partial charge in [0.2, 0.25) is 0 Å². The fourth-order valence-corrected chi connectivity index (χ4v) is 3.52. The first-order valence-electron chi connectivity index (χ1n) is 9.13. The fourth-order valence-electron chi connectivity index (χ4n) is 3.41. The van der Waals surface area contributed by atoms with Gasteiger partial charge in [-0.15, -0.1) is 0 Å². The number of hydrogen-bond acceptors (Lipinski definition) is 5. The SMILES string of the molecule is C[C@H](OC(=O)Cc1coc2cc3c(cc12)CCC3)C(=O)Nc1ccc(Cl)cn1. The molecule has 4 rings (SSSR count). The van der Waals surface area contributed by atoms with E-state index in [4.69, 9.17) is 20.8 Å². The number of rotatable bonds is 5. The van der Waals surface area contributed by atoms with E-state index in [1.165, 1.54) is 24.2 Å². The molecular formula is C21H19ClN2O4. The van der Waals surface area contributed by atoms with Crippen LogP contribution in [0.3, 0.4) is 0 Å². The van der Waals surface area contributed by atoms with Crippen molar-refractivity contribution in [3.8, 4) is 0 Å². The van der Waals surface area contributed by atoms with Crippen LogP contribution in [-0.4, -0.2) is 23.0 Å². The minimum Gasteiger partial charge on any atom is -0.464 e. The lowest BCUT2D eigenvalue weighted by Crippen LogP contribution is -2.30. The molecule has 144 valence electrons. The van der Waals surface area contributed by atoms with E-state index in [9.17, 15) is 9.59 Å². The number of carbonyl (C=O) groups is 2. The van der Waals surface area contributed by atoms with Gasteiger partial charge in [0, 0.05) is 17.1 Å². The number of carbonyl (C=O) groups excluding carboxylic acids is 2. The minimum absolute atomic E-state index is 0.0442. The van der Waals surface area contributed by atoms with Gasteiger partial charge in [-0.2, -0.15) is 0 Å². The minimum atomic E-state index is -0.951. The lowest BCUT2D eigenvalue weighted by Gasteiger charge is -2.13. The summed E-state index contributed by atoms with van der Waals surface area (Å²) in [5, 5.41) is 3.99. The maximum absolute atomic E-state index is 12.3. The number of aromatic nitrogens is 1. The Kier molecular flexibility index (Phi) is 5.05. The molecule has 1 aliphatic rings. The van der Waals surface area contributed by atoms with Gasteiger partial charge in [0.15, 0.2) is 6.10 Å². The predicted molar refractivity (Wildman–Crippen MR) is 105 cm³/mol. The molecule has 0 radical (unpaired) electrons. The molecule has 1 amide bonds. The quantitative estimate of drug-likeness (QED) is 0.655. The van der Waals surface area contributed by atoms with Gasteiger partial charge >= 0.3 is 5.97 Å². The van der Waals surface area contributed by atoms with E-state index in [1.807, 2.05) is 0 Å². The second-order valence-corrected chi connectivity index (χ2v) is 7.33. The van der Waals surface area contributed by atoms with Crippen molar-refractivity contribution in [3.05, 3.63) is 58.4 Å². The van der Waals surface area contributed by atoms with Crippen molar-refractivity contribution < 1.29 is 18.7 Å². The summed E-state index contributed by atoms with van der Waals surface area (Å²) in [7, 11) is 0. The summed E-state index contributed by atoms with van der Waals surface area (Å²) in [6.07, 6.45) is 5.37. The van der Waals surface area contributed by atoms with E-state index in [0.29, 0.717) is 10.8 Å². The van der Waals surface area contributed by atoms with E-state index in [2.05, 4.69) is 22.4 Å². The molecule has 28 heavy (non-hydrogen) atoms. The number of nitrogens with zero attached hydrogens (tertiary/aromatic N) is 1. The number of nitrogens with one attached hydrogen (secondary N) is 1. The summed E-state index contributed by atoms with van der Waals surface area (Å²) in [5.41, 5.74) is 4.17. The highest BCUT2D eigenvalue weighted by Crippen LogP contribution is 2.30. The van der Waals surface area contributed by atoms with Gasteiger partial charge in [-0.25, -0.2) is 4.98 Å². The molecule has 1 aliphatic carbocycles. The average Bonchev–Trinajstić information content (AvgIpc) is 3.28. The first kappa shape index (κ1) is 18.5. The summed E-state index contributed by atoms with van der Waals surface area (Å²) >= 11 is 5.77. The van der Waals surface area contributed by atoms with Crippen LogP contribution in [0.5, 0.6) is 0 Å². The van der Waals surface area contributed by atoms with Gasteiger partial charge in [-0.1, -0.05) is 11.6 Å². The van der Waals surface area contributed by atoms with E-state index in [-0.39, 0.29) is 6.42 Å². The van der Waals surface area contributed by atoms with Crippen LogP contribution < -0.4 is 5.32 Å². The Labute approximate surface area is 166 Å². The molecule has 0 bridgehead atoms. The van der Waals surface area contributed by atoms with Gasteiger partial charge in [0.25, 0.3) is 5.91 Å². The summed E-state index contributed by atoms with van der Waals surface area (Å²) in [6, 6.07) is 7.35.